The second-order valence-electron chi connectivity index (χ2n) is 3.87. The van der Waals surface area contributed by atoms with E-state index in [1.54, 1.807) is 6.07 Å². The van der Waals surface area contributed by atoms with Crippen LogP contribution in [0.25, 0.3) is 0 Å². The molecule has 0 fully saturated rings. The third-order valence-electron chi connectivity index (χ3n) is 2.44. The number of nitrogens with one attached hydrogen (secondary N) is 1. The molecule has 0 saturated heterocycles. The number of nitrogens with two attached hydrogens (primary N) is 1. The lowest BCUT2D eigenvalue weighted by atomic mass is 10.1. The summed E-state index contributed by atoms with van der Waals surface area (Å²) in [6.45, 7) is 0.360. The number of benzene rings is 1. The lowest BCUT2D eigenvalue weighted by molar-refractivity contribution is -0.117. The van der Waals surface area contributed by atoms with Crippen LogP contribution in [0.2, 0.25) is 0 Å². The molecule has 1 aromatic rings. The highest BCUT2D eigenvalue weighted by Crippen LogP contribution is 2.21. The summed E-state index contributed by atoms with van der Waals surface area (Å²) in [7, 11) is 1.52. The zero-order valence-electron chi connectivity index (χ0n) is 10.4. The highest BCUT2D eigenvalue weighted by atomic mass is 79.9. The van der Waals surface area contributed by atoms with Crippen LogP contribution in [-0.4, -0.2) is 36.7 Å². The molecular weight excluding hydrogens is 316 g/mol. The molecule has 0 bridgehead atoms. The maximum Gasteiger partial charge on any atom is 0.337 e. The van der Waals surface area contributed by atoms with Crippen LogP contribution < -0.4 is 11.1 Å². The van der Waals surface area contributed by atoms with Crippen molar-refractivity contribution in [1.82, 2.24) is 0 Å². The number of carbonyl (C=O) groups is 2. The fourth-order valence-corrected chi connectivity index (χ4v) is 1.77. The molecule has 1 amide bonds. The minimum Gasteiger partial charge on any atom is -0.478 e. The van der Waals surface area contributed by atoms with Crippen LogP contribution in [0.4, 0.5) is 5.69 Å². The number of hydrogen-bond acceptors (Lipinski definition) is 4. The van der Waals surface area contributed by atoms with Gasteiger partial charge in [-0.25, -0.2) is 4.79 Å². The normalized spacial score (nSPS) is 11.9. The molecule has 4 N–H and O–H groups in total. The van der Waals surface area contributed by atoms with E-state index in [1.807, 2.05) is 0 Å². The molecule has 7 heteroatoms. The van der Waals surface area contributed by atoms with E-state index in [9.17, 15) is 9.59 Å². The van der Waals surface area contributed by atoms with E-state index in [0.29, 0.717) is 17.5 Å². The van der Waals surface area contributed by atoms with Crippen LogP contribution in [0.1, 0.15) is 16.8 Å². The summed E-state index contributed by atoms with van der Waals surface area (Å²) >= 11 is 3.22. The first-order valence-electron chi connectivity index (χ1n) is 5.54. The summed E-state index contributed by atoms with van der Waals surface area (Å²) in [6.07, 6.45) is 0.360. The van der Waals surface area contributed by atoms with Gasteiger partial charge in [0.1, 0.15) is 0 Å². The molecule has 19 heavy (non-hydrogen) atoms. The number of methoxy groups -OCH3 is 1. The maximum atomic E-state index is 11.8. The summed E-state index contributed by atoms with van der Waals surface area (Å²) in [5.74, 6) is -1.56. The molecule has 104 valence electrons. The van der Waals surface area contributed by atoms with E-state index >= 15 is 0 Å². The minimum absolute atomic E-state index is 0.00971. The van der Waals surface area contributed by atoms with Gasteiger partial charge in [-0.15, -0.1) is 0 Å². The van der Waals surface area contributed by atoms with Crippen LogP contribution in [0.15, 0.2) is 22.7 Å². The van der Waals surface area contributed by atoms with E-state index in [-0.39, 0.29) is 11.3 Å². The van der Waals surface area contributed by atoms with Crippen LogP contribution in [-0.2, 0) is 9.53 Å². The Kier molecular flexibility index (Phi) is 5.94. The smallest absolute Gasteiger partial charge is 0.337 e. The Morgan fingerprint density at radius 2 is 2.21 bits per heavy atom. The quantitative estimate of drug-likeness (QED) is 0.732. The van der Waals surface area contributed by atoms with E-state index in [0.717, 1.165) is 0 Å². The number of amides is 1. The van der Waals surface area contributed by atoms with Crippen LogP contribution in [0, 0.1) is 0 Å². The molecule has 1 rings (SSSR count). The van der Waals surface area contributed by atoms with Gasteiger partial charge in [0.05, 0.1) is 17.3 Å². The zero-order chi connectivity index (χ0) is 14.4. The molecule has 0 aliphatic heterocycles. The van der Waals surface area contributed by atoms with Crippen molar-refractivity contribution in [2.75, 3.05) is 19.0 Å². The lowest BCUT2D eigenvalue weighted by Gasteiger charge is -2.13. The number of halogens is 1. The molecule has 0 aromatic heterocycles. The number of carboxylic acid groups (broad SMARTS) is 1. The largest absolute Gasteiger partial charge is 0.478 e. The molecule has 0 spiro atoms. The SMILES string of the molecule is COCCC(N)C(=O)Nc1cc(Br)ccc1C(=O)O. The predicted molar refractivity (Wildman–Crippen MR) is 74.2 cm³/mol. The molecule has 0 aliphatic carbocycles. The first-order chi connectivity index (χ1) is 8.95. The van der Waals surface area contributed by atoms with Crippen LogP contribution >= 0.6 is 15.9 Å². The third kappa shape index (κ3) is 4.62. The van der Waals surface area contributed by atoms with Gasteiger partial charge in [0.25, 0.3) is 0 Å². The monoisotopic (exact) mass is 330 g/mol. The predicted octanol–water partition coefficient (Wildman–Crippen LogP) is 1.45. The summed E-state index contributed by atoms with van der Waals surface area (Å²) in [5, 5.41) is 11.5. The van der Waals surface area contributed by atoms with Crippen LogP contribution in [0.5, 0.6) is 0 Å². The summed E-state index contributed by atoms with van der Waals surface area (Å²) in [5.41, 5.74) is 5.88. The minimum atomic E-state index is -1.12. The topological polar surface area (TPSA) is 102 Å². The fraction of sp³-hybridized carbons (Fsp3) is 0.333. The molecule has 1 atom stereocenters. The number of carboxylic acids is 1. The molecule has 1 aromatic carbocycles. The average molecular weight is 331 g/mol. The van der Waals surface area contributed by atoms with E-state index in [1.165, 1.54) is 19.2 Å². The van der Waals surface area contributed by atoms with Gasteiger partial charge >= 0.3 is 5.97 Å². The van der Waals surface area contributed by atoms with Crippen molar-refractivity contribution in [2.24, 2.45) is 5.73 Å². The number of ether oxygens (including phenoxy) is 1. The van der Waals surface area contributed by atoms with Crippen molar-refractivity contribution in [3.05, 3.63) is 28.2 Å². The summed E-state index contributed by atoms with van der Waals surface area (Å²) in [6, 6.07) is 3.76. The standard InChI is InChI=1S/C12H15BrN2O4/c1-19-5-4-9(14)11(16)15-10-6-7(13)2-3-8(10)12(17)18/h2-3,6,9H,4-5,14H2,1H3,(H,15,16)(H,17,18). The summed E-state index contributed by atoms with van der Waals surface area (Å²) < 4.78 is 5.50. The highest BCUT2D eigenvalue weighted by Gasteiger charge is 2.17. The van der Waals surface area contributed by atoms with Gasteiger partial charge in [-0.05, 0) is 24.6 Å². The number of aromatic carboxylic acids is 1. The fourth-order valence-electron chi connectivity index (χ4n) is 1.41. The average Bonchev–Trinajstić information content (AvgIpc) is 2.35. The van der Waals surface area contributed by atoms with E-state index in [4.69, 9.17) is 15.6 Å². The molecule has 6 nitrogen and oxygen atoms in total. The van der Waals surface area contributed by atoms with Gasteiger partial charge in [0, 0.05) is 18.2 Å². The Labute approximate surface area is 119 Å². The summed E-state index contributed by atoms with van der Waals surface area (Å²) in [4.78, 5) is 22.8. The Balaban J connectivity index is 2.83. The van der Waals surface area contributed by atoms with Crippen molar-refractivity contribution in [3.63, 3.8) is 0 Å². The number of carbonyl (C=O) groups excluding carboxylic acids is 1. The van der Waals surface area contributed by atoms with Gasteiger partial charge < -0.3 is 20.9 Å². The van der Waals surface area contributed by atoms with Crippen molar-refractivity contribution >= 4 is 33.5 Å². The zero-order valence-corrected chi connectivity index (χ0v) is 11.9. The third-order valence-corrected chi connectivity index (χ3v) is 2.93. The lowest BCUT2D eigenvalue weighted by Crippen LogP contribution is -2.36. The van der Waals surface area contributed by atoms with Gasteiger partial charge in [-0.1, -0.05) is 15.9 Å². The van der Waals surface area contributed by atoms with E-state index in [2.05, 4.69) is 21.2 Å². The maximum absolute atomic E-state index is 11.8. The first kappa shape index (κ1) is 15.6. The number of rotatable bonds is 6. The molecule has 0 saturated carbocycles. The Bertz CT molecular complexity index is 479. The van der Waals surface area contributed by atoms with Gasteiger partial charge in [-0.2, -0.15) is 0 Å². The van der Waals surface area contributed by atoms with Crippen LogP contribution in [0.3, 0.4) is 0 Å². The number of hydrogen-bond donors (Lipinski definition) is 3. The van der Waals surface area contributed by atoms with E-state index < -0.39 is 17.9 Å². The molecule has 1 unspecified atom stereocenters. The molecule has 0 heterocycles. The molecule has 0 radical (unpaired) electrons. The Morgan fingerprint density at radius 1 is 1.53 bits per heavy atom. The van der Waals surface area contributed by atoms with Crippen molar-refractivity contribution in [2.45, 2.75) is 12.5 Å². The number of anilines is 1. The molecular formula is C12H15BrN2O4. The van der Waals surface area contributed by atoms with Crippen molar-refractivity contribution in [1.29, 1.82) is 0 Å². The second kappa shape index (κ2) is 7.22. The second-order valence-corrected chi connectivity index (χ2v) is 4.79. The van der Waals surface area contributed by atoms with Crippen molar-refractivity contribution < 1.29 is 19.4 Å². The Morgan fingerprint density at radius 3 is 2.79 bits per heavy atom. The highest BCUT2D eigenvalue weighted by molar-refractivity contribution is 9.10. The van der Waals surface area contributed by atoms with Gasteiger partial charge in [0.15, 0.2) is 0 Å². The first-order valence-corrected chi connectivity index (χ1v) is 6.33. The molecule has 0 aliphatic rings. The van der Waals surface area contributed by atoms with Gasteiger partial charge in [0.2, 0.25) is 5.91 Å². The van der Waals surface area contributed by atoms with Crippen molar-refractivity contribution in [3.8, 4) is 0 Å². The Hall–Kier alpha value is -1.44. The van der Waals surface area contributed by atoms with Gasteiger partial charge in [-0.3, -0.25) is 4.79 Å².